The fraction of sp³-hybridized carbons (Fsp3) is 0.955. The molecular formula is C22H40N2O4S. The fourth-order valence-electron chi connectivity index (χ4n) is 6.51. The summed E-state index contributed by atoms with van der Waals surface area (Å²) in [6.45, 7) is 6.24. The van der Waals surface area contributed by atoms with Crippen molar-refractivity contribution < 1.29 is 18.3 Å². The molecule has 3 saturated carbocycles. The first kappa shape index (κ1) is 23.0. The van der Waals surface area contributed by atoms with E-state index in [0.717, 1.165) is 38.5 Å². The normalized spacial score (nSPS) is 40.1. The highest BCUT2D eigenvalue weighted by Crippen LogP contribution is 2.55. The Labute approximate surface area is 176 Å². The summed E-state index contributed by atoms with van der Waals surface area (Å²) in [5.74, 6) is -0.198. The maximum Gasteiger partial charge on any atom is 0.223 e. The minimum atomic E-state index is -3.29. The van der Waals surface area contributed by atoms with E-state index < -0.39 is 16.1 Å². The van der Waals surface area contributed by atoms with Crippen molar-refractivity contribution in [3.63, 3.8) is 0 Å². The van der Waals surface area contributed by atoms with Gasteiger partial charge in [-0.05, 0) is 61.7 Å². The monoisotopic (exact) mass is 428 g/mol. The van der Waals surface area contributed by atoms with Gasteiger partial charge in [-0.2, -0.15) is 0 Å². The third-order valence-electron chi connectivity index (χ3n) is 8.26. The molecule has 0 aromatic heterocycles. The van der Waals surface area contributed by atoms with Gasteiger partial charge in [0.25, 0.3) is 0 Å². The first-order valence-electron chi connectivity index (χ1n) is 11.5. The summed E-state index contributed by atoms with van der Waals surface area (Å²) in [5.41, 5.74) is 0.00455. The summed E-state index contributed by atoms with van der Waals surface area (Å²) in [7, 11) is -3.29. The molecule has 29 heavy (non-hydrogen) atoms. The Morgan fingerprint density at radius 1 is 1.10 bits per heavy atom. The minimum Gasteiger partial charge on any atom is -0.392 e. The Kier molecular flexibility index (Phi) is 7.01. The van der Waals surface area contributed by atoms with E-state index in [1.807, 2.05) is 6.92 Å². The van der Waals surface area contributed by atoms with Gasteiger partial charge in [0.05, 0.1) is 12.4 Å². The first-order chi connectivity index (χ1) is 13.5. The van der Waals surface area contributed by atoms with Crippen molar-refractivity contribution in [2.24, 2.45) is 29.1 Å². The molecule has 0 spiro atoms. The summed E-state index contributed by atoms with van der Waals surface area (Å²) in [6.07, 6.45) is 9.88. The number of fused-ring (bicyclic) bond motifs is 1. The lowest BCUT2D eigenvalue weighted by atomic mass is 9.52. The predicted molar refractivity (Wildman–Crippen MR) is 115 cm³/mol. The molecule has 3 N–H and O–H groups in total. The average Bonchev–Trinajstić information content (AvgIpc) is 2.64. The molecule has 1 amide bonds. The second-order valence-electron chi connectivity index (χ2n) is 10.4. The zero-order chi connectivity index (χ0) is 21.4. The number of carbonyl (C=O) groups excluding carboxylic acids is 1. The van der Waals surface area contributed by atoms with Crippen LogP contribution in [0.5, 0.6) is 0 Å². The quantitative estimate of drug-likeness (QED) is 0.627. The van der Waals surface area contributed by atoms with E-state index in [0.29, 0.717) is 0 Å². The molecule has 0 bridgehead atoms. The minimum absolute atomic E-state index is 0.000759. The predicted octanol–water partition coefficient (Wildman–Crippen LogP) is 2.81. The molecule has 7 heteroatoms. The Balaban J connectivity index is 1.70. The molecule has 168 valence electrons. The van der Waals surface area contributed by atoms with E-state index >= 15 is 0 Å². The van der Waals surface area contributed by atoms with Crippen LogP contribution in [0.3, 0.4) is 0 Å². The lowest BCUT2D eigenvalue weighted by Gasteiger charge is -2.56. The molecule has 7 atom stereocenters. The van der Waals surface area contributed by atoms with Crippen LogP contribution in [0, 0.1) is 29.1 Å². The lowest BCUT2D eigenvalue weighted by molar-refractivity contribution is -0.142. The van der Waals surface area contributed by atoms with Crippen LogP contribution in [0.2, 0.25) is 0 Å². The Morgan fingerprint density at radius 3 is 2.34 bits per heavy atom. The van der Waals surface area contributed by atoms with Crippen LogP contribution in [0.15, 0.2) is 0 Å². The number of carbonyl (C=O) groups is 1. The van der Waals surface area contributed by atoms with Crippen LogP contribution in [0.4, 0.5) is 0 Å². The molecule has 3 aliphatic rings. The number of aliphatic hydroxyl groups is 1. The third kappa shape index (κ3) is 5.16. The topological polar surface area (TPSA) is 95.5 Å². The van der Waals surface area contributed by atoms with Gasteiger partial charge in [0, 0.05) is 18.0 Å². The van der Waals surface area contributed by atoms with Gasteiger partial charge in [0.2, 0.25) is 15.9 Å². The molecule has 6 nitrogen and oxygen atoms in total. The van der Waals surface area contributed by atoms with E-state index in [1.54, 1.807) is 0 Å². The zero-order valence-corrected chi connectivity index (χ0v) is 19.3. The summed E-state index contributed by atoms with van der Waals surface area (Å²) in [5, 5.41) is 14.6. The Bertz CT molecular complexity index is 691. The van der Waals surface area contributed by atoms with Crippen LogP contribution < -0.4 is 10.0 Å². The van der Waals surface area contributed by atoms with Gasteiger partial charge in [-0.15, -0.1) is 0 Å². The van der Waals surface area contributed by atoms with E-state index in [-0.39, 0.29) is 47.1 Å². The van der Waals surface area contributed by atoms with Gasteiger partial charge >= 0.3 is 0 Å². The van der Waals surface area contributed by atoms with E-state index in [4.69, 9.17) is 0 Å². The van der Waals surface area contributed by atoms with Gasteiger partial charge in [0.1, 0.15) is 0 Å². The molecule has 0 unspecified atom stereocenters. The fourth-order valence-corrected chi connectivity index (χ4v) is 7.39. The largest absolute Gasteiger partial charge is 0.392 e. The van der Waals surface area contributed by atoms with Crippen molar-refractivity contribution in [1.29, 1.82) is 0 Å². The molecular weight excluding hydrogens is 388 g/mol. The highest BCUT2D eigenvalue weighted by atomic mass is 32.2. The van der Waals surface area contributed by atoms with Crippen molar-refractivity contribution in [2.75, 3.05) is 6.26 Å². The third-order valence-corrected chi connectivity index (χ3v) is 8.99. The van der Waals surface area contributed by atoms with Crippen molar-refractivity contribution in [3.05, 3.63) is 0 Å². The van der Waals surface area contributed by atoms with Gasteiger partial charge in [-0.3, -0.25) is 4.79 Å². The number of amides is 1. The van der Waals surface area contributed by atoms with Crippen LogP contribution in [0.1, 0.15) is 78.6 Å². The standard InChI is InChI=1S/C22H40N2O4S/c1-14(21(26)23-16-8-6-5-7-9-16)17-10-12-22(3)13-11-18(24-29(4,27)28)15(2)19(22)20(17)25/h14-20,24-25H,5-13H2,1-4H3,(H,23,26)/t14-,15+,17-,18-,19+,20-,22-/m0/s1. The molecule has 0 aromatic rings. The highest BCUT2D eigenvalue weighted by molar-refractivity contribution is 7.88. The second kappa shape index (κ2) is 8.83. The number of nitrogens with one attached hydrogen (secondary N) is 2. The smallest absolute Gasteiger partial charge is 0.223 e. The highest BCUT2D eigenvalue weighted by Gasteiger charge is 2.54. The summed E-state index contributed by atoms with van der Waals surface area (Å²) >= 11 is 0. The summed E-state index contributed by atoms with van der Waals surface area (Å²) < 4.78 is 26.4. The van der Waals surface area contributed by atoms with E-state index in [2.05, 4.69) is 23.9 Å². The van der Waals surface area contributed by atoms with Crippen LogP contribution in [0.25, 0.3) is 0 Å². The number of aliphatic hydroxyl groups excluding tert-OH is 1. The number of rotatable bonds is 5. The maximum absolute atomic E-state index is 12.9. The van der Waals surface area contributed by atoms with E-state index in [9.17, 15) is 18.3 Å². The van der Waals surface area contributed by atoms with Crippen molar-refractivity contribution in [2.45, 2.75) is 96.7 Å². The Morgan fingerprint density at radius 2 is 1.72 bits per heavy atom. The average molecular weight is 429 g/mol. The molecule has 3 fully saturated rings. The number of hydrogen-bond acceptors (Lipinski definition) is 4. The molecule has 0 heterocycles. The van der Waals surface area contributed by atoms with Gasteiger partial charge in [-0.25, -0.2) is 13.1 Å². The SMILES string of the molecule is C[C@H]1[C@@H]2[C@@H](O)[C@H]([C@H](C)C(=O)NC3CCCCC3)CC[C@@]2(C)CC[C@@H]1NS(C)(=O)=O. The lowest BCUT2D eigenvalue weighted by Crippen LogP contribution is -2.58. The summed E-state index contributed by atoms with van der Waals surface area (Å²) in [6, 6.07) is 0.129. The Hall–Kier alpha value is -0.660. The maximum atomic E-state index is 12.9. The first-order valence-corrected chi connectivity index (χ1v) is 13.4. The molecule has 3 aliphatic carbocycles. The van der Waals surface area contributed by atoms with Gasteiger partial charge < -0.3 is 10.4 Å². The van der Waals surface area contributed by atoms with Gasteiger partial charge in [0.15, 0.2) is 0 Å². The number of sulfonamides is 1. The molecule has 0 aliphatic heterocycles. The number of hydrogen-bond donors (Lipinski definition) is 3. The summed E-state index contributed by atoms with van der Waals surface area (Å²) in [4.78, 5) is 12.9. The van der Waals surface area contributed by atoms with Crippen LogP contribution in [-0.4, -0.2) is 43.9 Å². The van der Waals surface area contributed by atoms with Crippen molar-refractivity contribution in [3.8, 4) is 0 Å². The van der Waals surface area contributed by atoms with Crippen LogP contribution >= 0.6 is 0 Å². The van der Waals surface area contributed by atoms with Crippen LogP contribution in [-0.2, 0) is 14.8 Å². The molecule has 3 rings (SSSR count). The molecule has 0 saturated heterocycles. The van der Waals surface area contributed by atoms with Gasteiger partial charge in [-0.1, -0.05) is 40.0 Å². The van der Waals surface area contributed by atoms with E-state index in [1.165, 1.54) is 25.5 Å². The second-order valence-corrected chi connectivity index (χ2v) is 12.2. The zero-order valence-electron chi connectivity index (χ0n) is 18.5. The molecule has 0 radical (unpaired) electrons. The van der Waals surface area contributed by atoms with Crippen molar-refractivity contribution in [1.82, 2.24) is 10.0 Å². The van der Waals surface area contributed by atoms with Crippen molar-refractivity contribution >= 4 is 15.9 Å². The molecule has 0 aromatic carbocycles.